The highest BCUT2D eigenvalue weighted by Gasteiger charge is 2.17. The quantitative estimate of drug-likeness (QED) is 0.460. The van der Waals surface area contributed by atoms with Crippen LogP contribution in [0.2, 0.25) is 0 Å². The SMILES string of the molecule is C#CCN(CC#N)C(=O)c1cc(C(C)=O)cs1. The van der Waals surface area contributed by atoms with Crippen LogP contribution in [0.3, 0.4) is 0 Å². The van der Waals surface area contributed by atoms with Gasteiger partial charge in [0.15, 0.2) is 5.78 Å². The number of thiophene rings is 1. The third kappa shape index (κ3) is 3.17. The van der Waals surface area contributed by atoms with Crippen molar-refractivity contribution in [1.29, 1.82) is 5.26 Å². The molecule has 0 aromatic carbocycles. The summed E-state index contributed by atoms with van der Waals surface area (Å²) in [7, 11) is 0. The van der Waals surface area contributed by atoms with Crippen LogP contribution in [0.4, 0.5) is 0 Å². The van der Waals surface area contributed by atoms with Crippen molar-refractivity contribution in [2.75, 3.05) is 13.1 Å². The Bertz CT molecular complexity index is 503. The molecule has 1 heterocycles. The van der Waals surface area contributed by atoms with Gasteiger partial charge in [0, 0.05) is 10.9 Å². The maximum atomic E-state index is 11.9. The molecule has 0 bridgehead atoms. The van der Waals surface area contributed by atoms with Crippen LogP contribution in [0.15, 0.2) is 11.4 Å². The monoisotopic (exact) mass is 246 g/mol. The molecular weight excluding hydrogens is 236 g/mol. The number of terminal acetylenes is 1. The summed E-state index contributed by atoms with van der Waals surface area (Å²) in [6, 6.07) is 3.40. The minimum atomic E-state index is -0.318. The Hall–Kier alpha value is -2.11. The summed E-state index contributed by atoms with van der Waals surface area (Å²) in [5.74, 6) is 1.91. The summed E-state index contributed by atoms with van der Waals surface area (Å²) in [5, 5.41) is 10.2. The van der Waals surface area contributed by atoms with E-state index in [1.54, 1.807) is 5.38 Å². The number of carbonyl (C=O) groups is 2. The van der Waals surface area contributed by atoms with E-state index < -0.39 is 0 Å². The second kappa shape index (κ2) is 5.83. The van der Waals surface area contributed by atoms with Crippen molar-refractivity contribution in [3.8, 4) is 18.4 Å². The van der Waals surface area contributed by atoms with Crippen LogP contribution in [0.5, 0.6) is 0 Å². The van der Waals surface area contributed by atoms with Gasteiger partial charge < -0.3 is 4.90 Å². The molecule has 0 N–H and O–H groups in total. The van der Waals surface area contributed by atoms with Gasteiger partial charge in [-0.05, 0) is 13.0 Å². The Kier molecular flexibility index (Phi) is 4.45. The molecule has 0 radical (unpaired) electrons. The highest BCUT2D eigenvalue weighted by Crippen LogP contribution is 2.17. The first-order valence-electron chi connectivity index (χ1n) is 4.79. The third-order valence-electron chi connectivity index (χ3n) is 2.05. The van der Waals surface area contributed by atoms with Crippen molar-refractivity contribution < 1.29 is 9.59 Å². The van der Waals surface area contributed by atoms with Crippen LogP contribution in [0.25, 0.3) is 0 Å². The molecule has 0 unspecified atom stereocenters. The lowest BCUT2D eigenvalue weighted by Gasteiger charge is -2.14. The lowest BCUT2D eigenvalue weighted by atomic mass is 10.2. The highest BCUT2D eigenvalue weighted by molar-refractivity contribution is 7.12. The Balaban J connectivity index is 2.90. The van der Waals surface area contributed by atoms with Crippen LogP contribution in [0.1, 0.15) is 27.0 Å². The lowest BCUT2D eigenvalue weighted by Crippen LogP contribution is -2.31. The van der Waals surface area contributed by atoms with Crippen LogP contribution >= 0.6 is 11.3 Å². The van der Waals surface area contributed by atoms with Crippen LogP contribution in [0, 0.1) is 23.7 Å². The molecule has 5 heteroatoms. The van der Waals surface area contributed by atoms with Crippen molar-refractivity contribution in [3.05, 3.63) is 21.9 Å². The number of carbonyl (C=O) groups excluding carboxylic acids is 2. The number of nitrogens with zero attached hydrogens (tertiary/aromatic N) is 2. The number of Topliss-reactive ketones (excluding diaryl/α,β-unsaturated/α-hetero) is 1. The minimum absolute atomic E-state index is 0.0592. The first-order valence-corrected chi connectivity index (χ1v) is 5.67. The first-order chi connectivity index (χ1) is 8.10. The molecule has 0 spiro atoms. The van der Waals surface area contributed by atoms with Crippen molar-refractivity contribution in [3.63, 3.8) is 0 Å². The first kappa shape index (κ1) is 13.0. The van der Waals surface area contributed by atoms with Crippen molar-refractivity contribution >= 4 is 23.0 Å². The molecule has 4 nitrogen and oxygen atoms in total. The Morgan fingerprint density at radius 2 is 2.24 bits per heavy atom. The average molecular weight is 246 g/mol. The largest absolute Gasteiger partial charge is 0.313 e. The number of hydrogen-bond acceptors (Lipinski definition) is 4. The molecule has 17 heavy (non-hydrogen) atoms. The molecule has 0 aliphatic heterocycles. The molecule has 0 aliphatic carbocycles. The Labute approximate surface area is 103 Å². The summed E-state index contributed by atoms with van der Waals surface area (Å²) in [5.41, 5.74) is 0.496. The predicted molar refractivity (Wildman–Crippen MR) is 64.7 cm³/mol. The Morgan fingerprint density at radius 3 is 2.71 bits per heavy atom. The van der Waals surface area contributed by atoms with Gasteiger partial charge in [0.1, 0.15) is 6.54 Å². The lowest BCUT2D eigenvalue weighted by molar-refractivity contribution is 0.0800. The van der Waals surface area contributed by atoms with Crippen molar-refractivity contribution in [1.82, 2.24) is 4.90 Å². The standard InChI is InChI=1S/C12H10N2O2S/c1-3-5-14(6-4-13)12(16)11-7-10(8-17-11)9(2)15/h1,7-8H,5-6H2,2H3. The fourth-order valence-electron chi connectivity index (χ4n) is 1.18. The fraction of sp³-hybridized carbons (Fsp3) is 0.250. The number of hydrogen-bond donors (Lipinski definition) is 0. The molecule has 1 rings (SSSR count). The summed E-state index contributed by atoms with van der Waals surface area (Å²) in [6.07, 6.45) is 5.12. The zero-order valence-corrected chi connectivity index (χ0v) is 10.1. The van der Waals surface area contributed by atoms with Gasteiger partial charge in [0.25, 0.3) is 5.91 Å². The number of amides is 1. The molecule has 0 saturated carbocycles. The normalized spacial score (nSPS) is 9.12. The van der Waals surface area contributed by atoms with Gasteiger partial charge in [-0.25, -0.2) is 0 Å². The molecular formula is C12H10N2O2S. The van der Waals surface area contributed by atoms with Gasteiger partial charge in [0.2, 0.25) is 0 Å². The molecule has 0 atom stereocenters. The third-order valence-corrected chi connectivity index (χ3v) is 2.97. The van der Waals surface area contributed by atoms with Crippen molar-refractivity contribution in [2.24, 2.45) is 0 Å². The summed E-state index contributed by atoms with van der Waals surface area (Å²) < 4.78 is 0. The van der Waals surface area contributed by atoms with E-state index in [-0.39, 0.29) is 24.8 Å². The van der Waals surface area contributed by atoms with E-state index in [2.05, 4.69) is 5.92 Å². The van der Waals surface area contributed by atoms with Crippen LogP contribution < -0.4 is 0 Å². The maximum Gasteiger partial charge on any atom is 0.265 e. The summed E-state index contributed by atoms with van der Waals surface area (Å²) in [6.45, 7) is 1.46. The topological polar surface area (TPSA) is 61.2 Å². The predicted octanol–water partition coefficient (Wildman–Crippen LogP) is 1.55. The fourth-order valence-corrected chi connectivity index (χ4v) is 2.10. The zero-order chi connectivity index (χ0) is 12.8. The molecule has 1 amide bonds. The van der Waals surface area contributed by atoms with E-state index in [0.717, 1.165) is 0 Å². The van der Waals surface area contributed by atoms with E-state index in [1.165, 1.54) is 29.2 Å². The van der Waals surface area contributed by atoms with E-state index in [1.807, 2.05) is 6.07 Å². The second-order valence-electron chi connectivity index (χ2n) is 3.28. The van der Waals surface area contributed by atoms with Crippen LogP contribution in [-0.4, -0.2) is 29.7 Å². The van der Waals surface area contributed by atoms with E-state index in [4.69, 9.17) is 11.7 Å². The van der Waals surface area contributed by atoms with Crippen LogP contribution in [-0.2, 0) is 0 Å². The van der Waals surface area contributed by atoms with E-state index in [9.17, 15) is 9.59 Å². The average Bonchev–Trinajstić information content (AvgIpc) is 2.77. The zero-order valence-electron chi connectivity index (χ0n) is 9.27. The summed E-state index contributed by atoms with van der Waals surface area (Å²) >= 11 is 1.18. The highest BCUT2D eigenvalue weighted by atomic mass is 32.1. The van der Waals surface area contributed by atoms with Gasteiger partial charge in [-0.3, -0.25) is 9.59 Å². The number of nitriles is 1. The molecule has 0 aliphatic rings. The minimum Gasteiger partial charge on any atom is -0.313 e. The summed E-state index contributed by atoms with van der Waals surface area (Å²) in [4.78, 5) is 24.7. The van der Waals surface area contributed by atoms with Gasteiger partial charge in [-0.15, -0.1) is 17.8 Å². The second-order valence-corrected chi connectivity index (χ2v) is 4.19. The maximum absolute atomic E-state index is 11.9. The van der Waals surface area contributed by atoms with Gasteiger partial charge in [-0.1, -0.05) is 5.92 Å². The Morgan fingerprint density at radius 1 is 1.53 bits per heavy atom. The number of rotatable bonds is 4. The molecule has 0 saturated heterocycles. The number of ketones is 1. The molecule has 0 fully saturated rings. The van der Waals surface area contributed by atoms with E-state index in [0.29, 0.717) is 10.4 Å². The smallest absolute Gasteiger partial charge is 0.265 e. The van der Waals surface area contributed by atoms with Gasteiger partial charge in [-0.2, -0.15) is 5.26 Å². The molecule has 86 valence electrons. The van der Waals surface area contributed by atoms with Crippen molar-refractivity contribution in [2.45, 2.75) is 6.92 Å². The molecule has 1 aromatic heterocycles. The molecule has 1 aromatic rings. The van der Waals surface area contributed by atoms with Gasteiger partial charge in [0.05, 0.1) is 17.5 Å². The van der Waals surface area contributed by atoms with Gasteiger partial charge >= 0.3 is 0 Å². The van der Waals surface area contributed by atoms with E-state index >= 15 is 0 Å².